The lowest BCUT2D eigenvalue weighted by atomic mass is 9.97. The molecule has 0 unspecified atom stereocenters. The van der Waals surface area contributed by atoms with Crippen LogP contribution in [0.3, 0.4) is 0 Å². The molecule has 0 spiro atoms. The van der Waals surface area contributed by atoms with E-state index in [0.29, 0.717) is 39.1 Å². The summed E-state index contributed by atoms with van der Waals surface area (Å²) in [5.74, 6) is -0.232. The van der Waals surface area contributed by atoms with E-state index in [1.165, 1.54) is 0 Å². The van der Waals surface area contributed by atoms with E-state index in [4.69, 9.17) is 4.74 Å². The summed E-state index contributed by atoms with van der Waals surface area (Å²) >= 11 is 0. The maximum absolute atomic E-state index is 13.0. The van der Waals surface area contributed by atoms with E-state index in [1.807, 2.05) is 0 Å². The molecule has 1 N–H and O–H groups in total. The summed E-state index contributed by atoms with van der Waals surface area (Å²) in [4.78, 5) is 2.15. The summed E-state index contributed by atoms with van der Waals surface area (Å²) in [6.45, 7) is 4.09. The van der Waals surface area contributed by atoms with Crippen LogP contribution in [0.25, 0.3) is 0 Å². The Balaban J connectivity index is 1.76. The average molecular weight is 280 g/mol. The van der Waals surface area contributed by atoms with Gasteiger partial charge < -0.3 is 10.1 Å². The van der Waals surface area contributed by atoms with Crippen molar-refractivity contribution < 1.29 is 17.9 Å². The topological polar surface area (TPSA) is 24.5 Å². The number of morpholine rings is 1. The third kappa shape index (κ3) is 4.61. The van der Waals surface area contributed by atoms with Crippen molar-refractivity contribution in [3.8, 4) is 0 Å². The monoisotopic (exact) mass is 280 g/mol. The van der Waals surface area contributed by atoms with E-state index < -0.39 is 12.2 Å². The minimum atomic E-state index is -4.12. The van der Waals surface area contributed by atoms with Gasteiger partial charge in [0, 0.05) is 26.2 Å². The Morgan fingerprint density at radius 2 is 1.79 bits per heavy atom. The van der Waals surface area contributed by atoms with Gasteiger partial charge in [-0.15, -0.1) is 0 Å². The maximum Gasteiger partial charge on any atom is 0.404 e. The van der Waals surface area contributed by atoms with Crippen molar-refractivity contribution >= 4 is 0 Å². The zero-order valence-electron chi connectivity index (χ0n) is 11.2. The van der Waals surface area contributed by atoms with Crippen LogP contribution in [0.2, 0.25) is 0 Å². The molecule has 1 heterocycles. The lowest BCUT2D eigenvalue weighted by molar-refractivity contribution is -0.167. The van der Waals surface area contributed by atoms with Crippen molar-refractivity contribution in [3.05, 3.63) is 0 Å². The van der Waals surface area contributed by atoms with Gasteiger partial charge in [-0.25, -0.2) is 0 Å². The first kappa shape index (κ1) is 15.1. The first-order valence-electron chi connectivity index (χ1n) is 7.17. The quantitative estimate of drug-likeness (QED) is 0.834. The molecule has 0 amide bonds. The van der Waals surface area contributed by atoms with Crippen LogP contribution in [-0.2, 0) is 4.74 Å². The number of rotatable bonds is 5. The van der Waals surface area contributed by atoms with Crippen molar-refractivity contribution in [3.63, 3.8) is 0 Å². The lowest BCUT2D eigenvalue weighted by Crippen LogP contribution is -2.50. The van der Waals surface area contributed by atoms with Gasteiger partial charge in [0.1, 0.15) is 6.04 Å². The molecule has 19 heavy (non-hydrogen) atoms. The van der Waals surface area contributed by atoms with Gasteiger partial charge in [-0.1, -0.05) is 12.8 Å². The highest BCUT2D eigenvalue weighted by molar-refractivity contribution is 4.86. The second-order valence-corrected chi connectivity index (χ2v) is 5.47. The van der Waals surface area contributed by atoms with Crippen molar-refractivity contribution in [2.45, 2.75) is 37.9 Å². The van der Waals surface area contributed by atoms with E-state index in [1.54, 1.807) is 0 Å². The Kier molecular flexibility index (Phi) is 5.47. The minimum Gasteiger partial charge on any atom is -0.379 e. The minimum absolute atomic E-state index is 0.232. The highest BCUT2D eigenvalue weighted by Gasteiger charge is 2.44. The van der Waals surface area contributed by atoms with Gasteiger partial charge in [0.2, 0.25) is 0 Å². The van der Waals surface area contributed by atoms with Crippen LogP contribution in [-0.4, -0.2) is 56.5 Å². The Labute approximate surface area is 112 Å². The molecule has 1 atom stereocenters. The standard InChI is InChI=1S/C13H23F3N2O/c14-13(15,16)12(11-3-1-2-4-11)17-5-6-18-7-9-19-10-8-18/h11-12,17H,1-10H2/t12-/m0/s1. The highest BCUT2D eigenvalue weighted by Crippen LogP contribution is 2.35. The van der Waals surface area contributed by atoms with Gasteiger partial charge in [-0.05, 0) is 18.8 Å². The van der Waals surface area contributed by atoms with E-state index >= 15 is 0 Å². The van der Waals surface area contributed by atoms with E-state index in [0.717, 1.165) is 25.9 Å². The first-order valence-corrected chi connectivity index (χ1v) is 7.17. The van der Waals surface area contributed by atoms with Crippen LogP contribution in [0.15, 0.2) is 0 Å². The average Bonchev–Trinajstić information content (AvgIpc) is 2.88. The van der Waals surface area contributed by atoms with Gasteiger partial charge in [-0.2, -0.15) is 13.2 Å². The fourth-order valence-corrected chi connectivity index (χ4v) is 3.04. The van der Waals surface area contributed by atoms with Gasteiger partial charge in [0.25, 0.3) is 0 Å². The van der Waals surface area contributed by atoms with Crippen molar-refractivity contribution in [1.82, 2.24) is 10.2 Å². The molecule has 1 aliphatic carbocycles. The van der Waals surface area contributed by atoms with Crippen LogP contribution in [0.5, 0.6) is 0 Å². The van der Waals surface area contributed by atoms with Gasteiger partial charge >= 0.3 is 6.18 Å². The molecule has 0 aromatic heterocycles. The van der Waals surface area contributed by atoms with E-state index in [9.17, 15) is 13.2 Å². The number of hydrogen-bond acceptors (Lipinski definition) is 3. The Hall–Kier alpha value is -0.330. The summed E-state index contributed by atoms with van der Waals surface area (Å²) < 4.78 is 44.3. The van der Waals surface area contributed by atoms with Crippen molar-refractivity contribution in [2.75, 3.05) is 39.4 Å². The van der Waals surface area contributed by atoms with Crippen molar-refractivity contribution in [2.24, 2.45) is 5.92 Å². The molecule has 112 valence electrons. The van der Waals surface area contributed by atoms with E-state index in [-0.39, 0.29) is 5.92 Å². The first-order chi connectivity index (χ1) is 9.07. The largest absolute Gasteiger partial charge is 0.404 e. The molecule has 1 aliphatic heterocycles. The van der Waals surface area contributed by atoms with Gasteiger partial charge in [0.05, 0.1) is 13.2 Å². The Bertz CT molecular complexity index is 261. The summed E-state index contributed by atoms with van der Waals surface area (Å²) in [6, 6.07) is -1.32. The fourth-order valence-electron chi connectivity index (χ4n) is 3.04. The Morgan fingerprint density at radius 3 is 2.37 bits per heavy atom. The summed E-state index contributed by atoms with van der Waals surface area (Å²) in [5.41, 5.74) is 0. The van der Waals surface area contributed by atoms with Gasteiger partial charge in [0.15, 0.2) is 0 Å². The fraction of sp³-hybridized carbons (Fsp3) is 1.00. The smallest absolute Gasteiger partial charge is 0.379 e. The summed E-state index contributed by atoms with van der Waals surface area (Å²) in [7, 11) is 0. The molecule has 0 aromatic rings. The molecule has 6 heteroatoms. The highest BCUT2D eigenvalue weighted by atomic mass is 19.4. The number of halogens is 3. The summed E-state index contributed by atoms with van der Waals surface area (Å²) in [5, 5.41) is 2.74. The number of hydrogen-bond donors (Lipinski definition) is 1. The van der Waals surface area contributed by atoms with Crippen LogP contribution in [0, 0.1) is 5.92 Å². The third-order valence-electron chi connectivity index (χ3n) is 4.12. The molecule has 1 saturated carbocycles. The summed E-state index contributed by atoms with van der Waals surface area (Å²) in [6.07, 6.45) is -0.853. The molecule has 2 fully saturated rings. The van der Waals surface area contributed by atoms with Gasteiger partial charge in [-0.3, -0.25) is 4.90 Å². The molecular formula is C13H23F3N2O. The molecule has 3 nitrogen and oxygen atoms in total. The second-order valence-electron chi connectivity index (χ2n) is 5.47. The molecular weight excluding hydrogens is 257 g/mol. The Morgan fingerprint density at radius 1 is 1.16 bits per heavy atom. The molecule has 2 rings (SSSR count). The number of nitrogens with zero attached hydrogens (tertiary/aromatic N) is 1. The zero-order chi connectivity index (χ0) is 13.7. The second kappa shape index (κ2) is 6.90. The SMILES string of the molecule is FC(F)(F)[C@@H](NCCN1CCOCC1)C1CCCC1. The maximum atomic E-state index is 13.0. The third-order valence-corrected chi connectivity index (χ3v) is 4.12. The van der Waals surface area contributed by atoms with Crippen LogP contribution in [0.1, 0.15) is 25.7 Å². The predicted octanol–water partition coefficient (Wildman–Crippen LogP) is 2.03. The van der Waals surface area contributed by atoms with E-state index in [2.05, 4.69) is 10.2 Å². The lowest BCUT2D eigenvalue weighted by Gasteiger charge is -2.30. The molecule has 0 aromatic carbocycles. The molecule has 2 aliphatic rings. The molecule has 0 radical (unpaired) electrons. The zero-order valence-corrected chi connectivity index (χ0v) is 11.2. The van der Waals surface area contributed by atoms with Crippen LogP contribution in [0.4, 0.5) is 13.2 Å². The predicted molar refractivity (Wildman–Crippen MR) is 67.1 cm³/mol. The number of alkyl halides is 3. The van der Waals surface area contributed by atoms with Crippen LogP contribution < -0.4 is 5.32 Å². The van der Waals surface area contributed by atoms with Crippen molar-refractivity contribution in [1.29, 1.82) is 0 Å². The molecule has 1 saturated heterocycles. The molecule has 0 bridgehead atoms. The normalized spacial score (nSPS) is 24.8. The van der Waals surface area contributed by atoms with Crippen LogP contribution >= 0.6 is 0 Å². The number of nitrogens with one attached hydrogen (secondary N) is 1. The number of ether oxygens (including phenoxy) is 1.